The molecule has 0 amide bonds. The Labute approximate surface area is 186 Å². The van der Waals surface area contributed by atoms with Gasteiger partial charge in [0.05, 0.1) is 27.6 Å². The number of rotatable bonds is 7. The van der Waals surface area contributed by atoms with Gasteiger partial charge in [0.1, 0.15) is 5.82 Å². The first kappa shape index (κ1) is 21.1. The van der Waals surface area contributed by atoms with Crippen LogP contribution in [0.4, 0.5) is 10.1 Å². The van der Waals surface area contributed by atoms with Gasteiger partial charge in [-0.25, -0.2) is 9.07 Å². The van der Waals surface area contributed by atoms with Gasteiger partial charge >= 0.3 is 0 Å². The fraction of sp³-hybridized carbons (Fsp3) is 0.364. The smallest absolute Gasteiger partial charge is 0.123 e. The second-order valence-corrected chi connectivity index (χ2v) is 8.25. The summed E-state index contributed by atoms with van der Waals surface area (Å²) in [5.41, 5.74) is 2.66. The molecule has 8 heteroatoms. The van der Waals surface area contributed by atoms with Crippen LogP contribution in [0.15, 0.2) is 48.7 Å². The Morgan fingerprint density at radius 3 is 2.50 bits per heavy atom. The van der Waals surface area contributed by atoms with E-state index in [0.717, 1.165) is 69.1 Å². The first-order valence-electron chi connectivity index (χ1n) is 10.2. The van der Waals surface area contributed by atoms with Gasteiger partial charge in [-0.1, -0.05) is 46.6 Å². The van der Waals surface area contributed by atoms with E-state index in [4.69, 9.17) is 23.2 Å². The summed E-state index contributed by atoms with van der Waals surface area (Å²) in [5.74, 6) is -0.251. The van der Waals surface area contributed by atoms with Crippen molar-refractivity contribution in [1.82, 2.24) is 19.9 Å². The quantitative estimate of drug-likeness (QED) is 0.477. The van der Waals surface area contributed by atoms with Crippen molar-refractivity contribution in [3.63, 3.8) is 0 Å². The molecule has 158 valence electrons. The number of nitrogens with zero attached hydrogens (tertiary/aromatic N) is 5. The number of aromatic nitrogens is 3. The van der Waals surface area contributed by atoms with E-state index >= 15 is 0 Å². The maximum Gasteiger partial charge on any atom is 0.123 e. The first-order valence-corrected chi connectivity index (χ1v) is 10.9. The molecule has 0 spiro atoms. The van der Waals surface area contributed by atoms with Crippen LogP contribution < -0.4 is 4.90 Å². The minimum Gasteiger partial charge on any atom is -0.368 e. The number of hydrogen-bond acceptors (Lipinski definition) is 4. The third-order valence-electron chi connectivity index (χ3n) is 5.48. The van der Waals surface area contributed by atoms with Crippen molar-refractivity contribution >= 4 is 28.9 Å². The van der Waals surface area contributed by atoms with Crippen LogP contribution in [-0.4, -0.2) is 52.6 Å². The summed E-state index contributed by atoms with van der Waals surface area (Å²) in [7, 11) is 0. The third kappa shape index (κ3) is 4.94. The van der Waals surface area contributed by atoms with Gasteiger partial charge in [0.15, 0.2) is 0 Å². The van der Waals surface area contributed by atoms with Gasteiger partial charge < -0.3 is 4.90 Å². The van der Waals surface area contributed by atoms with Crippen molar-refractivity contribution in [2.45, 2.75) is 19.4 Å². The Kier molecular flexibility index (Phi) is 6.87. The van der Waals surface area contributed by atoms with E-state index in [1.807, 2.05) is 28.9 Å². The van der Waals surface area contributed by atoms with Gasteiger partial charge in [0.25, 0.3) is 0 Å². The second-order valence-electron chi connectivity index (χ2n) is 7.46. The predicted octanol–water partition coefficient (Wildman–Crippen LogP) is 4.99. The highest BCUT2D eigenvalue weighted by Crippen LogP contribution is 2.32. The number of benzene rings is 2. The molecule has 3 aromatic rings. The highest BCUT2D eigenvalue weighted by molar-refractivity contribution is 6.43. The molecule has 0 saturated carbocycles. The van der Waals surface area contributed by atoms with E-state index in [-0.39, 0.29) is 5.82 Å². The van der Waals surface area contributed by atoms with Crippen LogP contribution in [0.2, 0.25) is 10.0 Å². The second kappa shape index (κ2) is 9.77. The van der Waals surface area contributed by atoms with Crippen molar-refractivity contribution in [2.75, 3.05) is 37.6 Å². The number of hydrogen-bond donors (Lipinski definition) is 0. The van der Waals surface area contributed by atoms with E-state index in [1.165, 1.54) is 12.1 Å². The summed E-state index contributed by atoms with van der Waals surface area (Å²) in [6, 6.07) is 12.3. The highest BCUT2D eigenvalue weighted by Gasteiger charge is 2.19. The molecule has 0 N–H and O–H groups in total. The van der Waals surface area contributed by atoms with Crippen LogP contribution in [0.25, 0.3) is 11.3 Å². The summed E-state index contributed by atoms with van der Waals surface area (Å²) in [4.78, 5) is 4.77. The van der Waals surface area contributed by atoms with Crippen LogP contribution in [-0.2, 0) is 6.54 Å². The van der Waals surface area contributed by atoms with Crippen molar-refractivity contribution in [2.24, 2.45) is 0 Å². The predicted molar refractivity (Wildman–Crippen MR) is 120 cm³/mol. The van der Waals surface area contributed by atoms with Gasteiger partial charge in [-0.05, 0) is 43.7 Å². The Morgan fingerprint density at radius 1 is 0.933 bits per heavy atom. The standard InChI is InChI=1S/C22H24Cl2FN5/c23-19-7-4-8-20(22(19)24)29-13-11-28(12-14-29)9-1-2-10-30-21(16-26-27-30)17-5-3-6-18(25)15-17/h3-8,15-16H,1-2,9-14H2. The normalized spacial score (nSPS) is 15.0. The first-order chi connectivity index (χ1) is 14.6. The fourth-order valence-corrected chi connectivity index (χ4v) is 4.26. The third-order valence-corrected chi connectivity index (χ3v) is 6.29. The summed E-state index contributed by atoms with van der Waals surface area (Å²) in [6.45, 7) is 5.69. The Balaban J connectivity index is 1.23. The van der Waals surface area contributed by atoms with Crippen LogP contribution in [0, 0.1) is 5.82 Å². The maximum absolute atomic E-state index is 13.5. The van der Waals surface area contributed by atoms with Crippen molar-refractivity contribution < 1.29 is 4.39 Å². The molecule has 2 aromatic carbocycles. The van der Waals surface area contributed by atoms with Gasteiger partial charge in [-0.3, -0.25) is 4.90 Å². The number of aryl methyl sites for hydroxylation is 1. The molecule has 0 radical (unpaired) electrons. The van der Waals surface area contributed by atoms with Gasteiger partial charge in [-0.15, -0.1) is 5.10 Å². The molecule has 0 aliphatic carbocycles. The van der Waals surface area contributed by atoms with Gasteiger partial charge in [0, 0.05) is 38.3 Å². The monoisotopic (exact) mass is 447 g/mol. The molecule has 1 fully saturated rings. The van der Waals surface area contributed by atoms with Crippen molar-refractivity contribution in [3.8, 4) is 11.3 Å². The van der Waals surface area contributed by atoms with Crippen molar-refractivity contribution in [1.29, 1.82) is 0 Å². The van der Waals surface area contributed by atoms with Gasteiger partial charge in [-0.2, -0.15) is 0 Å². The van der Waals surface area contributed by atoms with E-state index < -0.39 is 0 Å². The fourth-order valence-electron chi connectivity index (χ4n) is 3.84. The molecule has 1 aromatic heterocycles. The average molecular weight is 448 g/mol. The number of piperazine rings is 1. The van der Waals surface area contributed by atoms with E-state index in [0.29, 0.717) is 10.0 Å². The SMILES string of the molecule is Fc1cccc(-c2cnnn2CCCCN2CCN(c3cccc(Cl)c3Cl)CC2)c1. The molecule has 0 atom stereocenters. The molecular weight excluding hydrogens is 424 g/mol. The van der Waals surface area contributed by atoms with E-state index in [9.17, 15) is 4.39 Å². The zero-order valence-corrected chi connectivity index (χ0v) is 18.2. The Bertz CT molecular complexity index is 985. The van der Waals surface area contributed by atoms with Crippen LogP contribution in [0.1, 0.15) is 12.8 Å². The molecule has 30 heavy (non-hydrogen) atoms. The zero-order chi connectivity index (χ0) is 20.9. The highest BCUT2D eigenvalue weighted by atomic mass is 35.5. The van der Waals surface area contributed by atoms with E-state index in [1.54, 1.807) is 12.3 Å². The lowest BCUT2D eigenvalue weighted by Crippen LogP contribution is -2.46. The molecule has 2 heterocycles. The maximum atomic E-state index is 13.5. The molecule has 5 nitrogen and oxygen atoms in total. The van der Waals surface area contributed by atoms with Crippen LogP contribution in [0.5, 0.6) is 0 Å². The molecular formula is C22H24Cl2FN5. The summed E-state index contributed by atoms with van der Waals surface area (Å²) in [6.07, 6.45) is 3.75. The van der Waals surface area contributed by atoms with Crippen molar-refractivity contribution in [3.05, 3.63) is 64.5 Å². The summed E-state index contributed by atoms with van der Waals surface area (Å²) >= 11 is 12.5. The number of unbranched alkanes of at least 4 members (excludes halogenated alkanes) is 1. The number of anilines is 1. The lowest BCUT2D eigenvalue weighted by atomic mass is 10.1. The largest absolute Gasteiger partial charge is 0.368 e. The minimum atomic E-state index is -0.251. The molecule has 1 aliphatic rings. The molecule has 4 rings (SSSR count). The molecule has 0 unspecified atom stereocenters. The van der Waals surface area contributed by atoms with Crippen LogP contribution >= 0.6 is 23.2 Å². The molecule has 1 aliphatic heterocycles. The molecule has 0 bridgehead atoms. The lowest BCUT2D eigenvalue weighted by Gasteiger charge is -2.36. The average Bonchev–Trinajstić information content (AvgIpc) is 3.22. The summed E-state index contributed by atoms with van der Waals surface area (Å²) in [5, 5.41) is 9.40. The zero-order valence-electron chi connectivity index (χ0n) is 16.6. The summed E-state index contributed by atoms with van der Waals surface area (Å²) < 4.78 is 15.4. The van der Waals surface area contributed by atoms with E-state index in [2.05, 4.69) is 20.1 Å². The topological polar surface area (TPSA) is 37.2 Å². The minimum absolute atomic E-state index is 0.251. The molecule has 1 saturated heterocycles. The van der Waals surface area contributed by atoms with Gasteiger partial charge in [0.2, 0.25) is 0 Å². The Morgan fingerprint density at radius 2 is 1.70 bits per heavy atom. The van der Waals surface area contributed by atoms with Crippen LogP contribution in [0.3, 0.4) is 0 Å². The number of halogens is 3. The lowest BCUT2D eigenvalue weighted by molar-refractivity contribution is 0.251. The Hall–Kier alpha value is -2.15.